The molecule has 2 aromatic heterocycles. The van der Waals surface area contributed by atoms with E-state index < -0.39 is 29.2 Å². The average Bonchev–Trinajstić information content (AvgIpc) is 3.28. The number of tetrazole rings is 1. The zero-order chi connectivity index (χ0) is 25.8. The van der Waals surface area contributed by atoms with Crippen LogP contribution in [0.15, 0.2) is 39.8 Å². The Kier molecular flexibility index (Phi) is 7.49. The van der Waals surface area contributed by atoms with Crippen molar-refractivity contribution in [2.45, 2.75) is 16.6 Å². The van der Waals surface area contributed by atoms with Crippen LogP contribution in [0.25, 0.3) is 0 Å². The molecule has 3 amide bonds. The highest BCUT2D eigenvalue weighted by Crippen LogP contribution is 2.41. The third-order valence-electron chi connectivity index (χ3n) is 5.09. The van der Waals surface area contributed by atoms with E-state index in [1.54, 1.807) is 13.1 Å². The summed E-state index contributed by atoms with van der Waals surface area (Å²) >= 11 is 2.58. The Balaban J connectivity index is 1.50. The molecule has 1 fully saturated rings. The van der Waals surface area contributed by atoms with E-state index in [-0.39, 0.29) is 28.7 Å². The molecular formula is C19H19N9O6S2. The summed E-state index contributed by atoms with van der Waals surface area (Å²) in [5, 5.41) is 29.6. The first-order valence-corrected chi connectivity index (χ1v) is 12.2. The molecule has 36 heavy (non-hydrogen) atoms. The van der Waals surface area contributed by atoms with Crippen molar-refractivity contribution >= 4 is 59.2 Å². The van der Waals surface area contributed by atoms with Crippen molar-refractivity contribution in [2.24, 2.45) is 12.2 Å². The molecule has 2 atom stereocenters. The van der Waals surface area contributed by atoms with Crippen LogP contribution < -0.4 is 10.6 Å². The van der Waals surface area contributed by atoms with Crippen molar-refractivity contribution in [3.63, 3.8) is 0 Å². The van der Waals surface area contributed by atoms with Gasteiger partial charge in [0.05, 0.1) is 0 Å². The van der Waals surface area contributed by atoms with E-state index in [2.05, 4.69) is 36.3 Å². The number of nitrogens with one attached hydrogen (secondary N) is 2. The number of hydrogen-bond donors (Lipinski definition) is 3. The summed E-state index contributed by atoms with van der Waals surface area (Å²) < 4.78 is 1.46. The average molecular weight is 534 g/mol. The number of hydrogen-bond acceptors (Lipinski definition) is 12. The first-order valence-electron chi connectivity index (χ1n) is 10.2. The molecule has 0 radical (unpaired) electrons. The monoisotopic (exact) mass is 533 g/mol. The Morgan fingerprint density at radius 3 is 2.89 bits per heavy atom. The van der Waals surface area contributed by atoms with Gasteiger partial charge in [0, 0.05) is 18.6 Å². The van der Waals surface area contributed by atoms with Gasteiger partial charge < -0.3 is 20.6 Å². The number of thioether (sulfide) groups is 2. The fourth-order valence-electron chi connectivity index (χ4n) is 3.50. The molecule has 4 heterocycles. The molecule has 15 nitrogen and oxygen atoms in total. The van der Waals surface area contributed by atoms with Crippen molar-refractivity contribution in [2.75, 3.05) is 23.9 Å². The zero-order valence-corrected chi connectivity index (χ0v) is 20.4. The third kappa shape index (κ3) is 4.87. The number of fused-ring (bicyclic) bond motifs is 1. The summed E-state index contributed by atoms with van der Waals surface area (Å²) in [6.07, 6.45) is 0.436. The highest BCUT2D eigenvalue weighted by atomic mass is 32.2. The van der Waals surface area contributed by atoms with E-state index in [0.29, 0.717) is 22.9 Å². The van der Waals surface area contributed by atoms with Crippen LogP contribution in [0.2, 0.25) is 0 Å². The maximum Gasteiger partial charge on any atom is 0.352 e. The van der Waals surface area contributed by atoms with Crippen molar-refractivity contribution in [3.05, 3.63) is 35.2 Å². The first-order chi connectivity index (χ1) is 17.3. The number of carboxylic acid groups (broad SMARTS) is 1. The lowest BCUT2D eigenvalue weighted by atomic mass is 10.0. The van der Waals surface area contributed by atoms with Crippen molar-refractivity contribution in [1.29, 1.82) is 0 Å². The van der Waals surface area contributed by atoms with Gasteiger partial charge in [-0.25, -0.2) is 14.5 Å². The molecule has 0 aromatic carbocycles. The Morgan fingerprint density at radius 1 is 1.42 bits per heavy atom. The van der Waals surface area contributed by atoms with Gasteiger partial charge >= 0.3 is 5.97 Å². The summed E-state index contributed by atoms with van der Waals surface area (Å²) in [7, 11) is 2.91. The summed E-state index contributed by atoms with van der Waals surface area (Å²) in [4.78, 5) is 58.8. The third-order valence-corrected chi connectivity index (χ3v) is 7.53. The van der Waals surface area contributed by atoms with Crippen molar-refractivity contribution < 1.29 is 29.1 Å². The van der Waals surface area contributed by atoms with Crippen LogP contribution in [0.1, 0.15) is 5.69 Å². The van der Waals surface area contributed by atoms with Gasteiger partial charge in [-0.2, -0.15) is 0 Å². The van der Waals surface area contributed by atoms with E-state index in [1.807, 2.05) is 0 Å². The number of pyridine rings is 1. The standard InChI is InChI=1S/C19H19N9O6S2/c1-27-19(23-25-26-27)36-7-9-6-35-17-13(16(31)28(17)14(9)18(32)33)22-15(30)12(24-34-2)10-4-3-5-11(21-10)20-8-29/h3-5,8,13,17H,6-7H2,1-2H3,(H,22,30)(H,32,33)(H,20,21,29)/b24-12-/t13?,17-/m1/s1. The Labute approximate surface area is 211 Å². The second-order valence-corrected chi connectivity index (χ2v) is 9.33. The number of rotatable bonds is 10. The molecule has 188 valence electrons. The van der Waals surface area contributed by atoms with E-state index in [4.69, 9.17) is 4.84 Å². The van der Waals surface area contributed by atoms with E-state index >= 15 is 0 Å². The molecule has 1 unspecified atom stereocenters. The number of aromatic nitrogens is 5. The molecular weight excluding hydrogens is 514 g/mol. The van der Waals surface area contributed by atoms with Crippen LogP contribution in [0.3, 0.4) is 0 Å². The maximum atomic E-state index is 13.0. The first kappa shape index (κ1) is 25.1. The minimum Gasteiger partial charge on any atom is -0.477 e. The summed E-state index contributed by atoms with van der Waals surface area (Å²) in [6.45, 7) is 0. The highest BCUT2D eigenvalue weighted by Gasteiger charge is 2.54. The summed E-state index contributed by atoms with van der Waals surface area (Å²) in [5.41, 5.74) is 0.310. The van der Waals surface area contributed by atoms with Gasteiger partial charge in [0.25, 0.3) is 11.8 Å². The second-order valence-electron chi connectivity index (χ2n) is 7.28. The predicted molar refractivity (Wildman–Crippen MR) is 127 cm³/mol. The Hall–Kier alpha value is -3.99. The molecule has 1 saturated heterocycles. The van der Waals surface area contributed by atoms with Gasteiger partial charge in [-0.1, -0.05) is 23.0 Å². The van der Waals surface area contributed by atoms with Gasteiger partial charge in [0.15, 0.2) is 5.71 Å². The number of β-lactam (4-membered cyclic amide) rings is 1. The summed E-state index contributed by atoms with van der Waals surface area (Å²) in [5.74, 6) is -1.76. The molecule has 2 aromatic rings. The lowest BCUT2D eigenvalue weighted by molar-refractivity contribution is -0.150. The van der Waals surface area contributed by atoms with Gasteiger partial charge in [-0.3, -0.25) is 19.3 Å². The van der Waals surface area contributed by atoms with E-state index in [1.165, 1.54) is 52.3 Å². The van der Waals surface area contributed by atoms with Crippen molar-refractivity contribution in [1.82, 2.24) is 35.4 Å². The van der Waals surface area contributed by atoms with Crippen LogP contribution >= 0.6 is 23.5 Å². The Bertz CT molecular complexity index is 1280. The van der Waals surface area contributed by atoms with E-state index in [0.717, 1.165) is 0 Å². The highest BCUT2D eigenvalue weighted by molar-refractivity contribution is 8.01. The van der Waals surface area contributed by atoms with Crippen LogP contribution in [-0.2, 0) is 31.1 Å². The van der Waals surface area contributed by atoms with Crippen LogP contribution in [0.4, 0.5) is 5.82 Å². The van der Waals surface area contributed by atoms with Gasteiger partial charge in [-0.15, -0.1) is 16.9 Å². The maximum absolute atomic E-state index is 13.0. The fourth-order valence-corrected chi connectivity index (χ4v) is 5.84. The van der Waals surface area contributed by atoms with Crippen LogP contribution in [0.5, 0.6) is 0 Å². The lowest BCUT2D eigenvalue weighted by Crippen LogP contribution is -2.71. The van der Waals surface area contributed by atoms with Gasteiger partial charge in [0.2, 0.25) is 11.6 Å². The summed E-state index contributed by atoms with van der Waals surface area (Å²) in [6, 6.07) is 3.58. The van der Waals surface area contributed by atoms with Gasteiger partial charge in [-0.05, 0) is 28.1 Å². The molecule has 2 aliphatic heterocycles. The number of carbonyl (C=O) groups is 4. The van der Waals surface area contributed by atoms with Crippen molar-refractivity contribution in [3.8, 4) is 0 Å². The quantitative estimate of drug-likeness (QED) is 0.112. The zero-order valence-electron chi connectivity index (χ0n) is 18.8. The minimum absolute atomic E-state index is 0.102. The molecule has 0 bridgehead atoms. The topological polar surface area (TPSA) is 194 Å². The van der Waals surface area contributed by atoms with Gasteiger partial charge in [0.1, 0.15) is 35.7 Å². The second kappa shape index (κ2) is 10.7. The molecule has 0 aliphatic carbocycles. The number of oxime groups is 1. The predicted octanol–water partition coefficient (Wildman–Crippen LogP) is -0.945. The molecule has 4 rings (SSSR count). The number of anilines is 1. The number of aliphatic carboxylic acids is 1. The number of nitrogens with zero attached hydrogens (tertiary/aromatic N) is 7. The lowest BCUT2D eigenvalue weighted by Gasteiger charge is -2.49. The number of aryl methyl sites for hydroxylation is 1. The minimum atomic E-state index is -1.24. The molecule has 0 saturated carbocycles. The fraction of sp³-hybridized carbons (Fsp3) is 0.316. The van der Waals surface area contributed by atoms with Crippen LogP contribution in [0, 0.1) is 0 Å². The molecule has 0 spiro atoms. The smallest absolute Gasteiger partial charge is 0.352 e. The SMILES string of the molecule is CO/N=C(\C(=O)NC1C(=O)N2C(C(=O)O)=C(CSc3nnnn3C)CS[C@H]12)c1cccc(NC=O)n1. The molecule has 17 heteroatoms. The number of carboxylic acids is 1. The van der Waals surface area contributed by atoms with E-state index in [9.17, 15) is 24.3 Å². The molecule has 3 N–H and O–H groups in total. The largest absolute Gasteiger partial charge is 0.477 e. The number of carbonyl (C=O) groups excluding carboxylic acids is 3. The number of amides is 3. The Morgan fingerprint density at radius 2 is 2.22 bits per heavy atom. The van der Waals surface area contributed by atoms with Crippen LogP contribution in [-0.4, -0.2) is 95.1 Å². The molecule has 2 aliphatic rings. The normalized spacial score (nSPS) is 19.3.